The molecule has 250 valence electrons. The van der Waals surface area contributed by atoms with Gasteiger partial charge in [-0.25, -0.2) is 4.98 Å². The number of ketones is 1. The Balaban J connectivity index is 0.00000160. The van der Waals surface area contributed by atoms with Crippen molar-refractivity contribution in [2.24, 2.45) is 0 Å². The molecule has 1 amide bonds. The number of aryl methyl sites for hydroxylation is 1. The molecule has 2 aromatic heterocycles. The summed E-state index contributed by atoms with van der Waals surface area (Å²) in [6.45, 7) is 3.07. The molecule has 1 saturated heterocycles. The number of hydrogen-bond acceptors (Lipinski definition) is 8. The molecule has 3 heterocycles. The van der Waals surface area contributed by atoms with Crippen molar-refractivity contribution in [3.8, 4) is 17.4 Å². The van der Waals surface area contributed by atoms with Crippen LogP contribution in [0, 0.1) is 6.92 Å². The van der Waals surface area contributed by atoms with Crippen LogP contribution in [0.3, 0.4) is 0 Å². The molecule has 1 fully saturated rings. The van der Waals surface area contributed by atoms with Crippen LogP contribution in [0.4, 0.5) is 19.4 Å². The van der Waals surface area contributed by atoms with Gasteiger partial charge in [-0.1, -0.05) is 43.2 Å². The second-order valence-electron chi connectivity index (χ2n) is 10.6. The number of benzene rings is 2. The Morgan fingerprint density at radius 1 is 0.830 bits per heavy atom. The van der Waals surface area contributed by atoms with Gasteiger partial charge in [-0.3, -0.25) is 14.6 Å². The largest absolute Gasteiger partial charge is 0.490 e. The van der Waals surface area contributed by atoms with E-state index in [9.17, 15) is 29.0 Å². The van der Waals surface area contributed by atoms with Crippen LogP contribution >= 0.6 is 10.2 Å². The lowest BCUT2D eigenvalue weighted by Gasteiger charge is -2.40. The molecule has 1 aliphatic heterocycles. The van der Waals surface area contributed by atoms with Gasteiger partial charge in [-0.15, -0.1) is 0 Å². The van der Waals surface area contributed by atoms with E-state index < -0.39 is 26.7 Å². The predicted octanol–water partition coefficient (Wildman–Crippen LogP) is 7.67. The number of carbonyl (C=O) groups excluding carboxylic acids is 2. The summed E-state index contributed by atoms with van der Waals surface area (Å²) in [6.07, 6.45) is 4.08. The van der Waals surface area contributed by atoms with Gasteiger partial charge in [0.25, 0.3) is 5.91 Å². The van der Waals surface area contributed by atoms with Crippen LogP contribution in [-0.4, -0.2) is 54.2 Å². The third-order valence-corrected chi connectivity index (χ3v) is 8.17. The SMILES string of the molecule is Cc1ccc(OC2CCN(C(=O)c3ccc(C(=O)Cc4ccc(Oc5ccc(S(F)(F)(F)(F)F)cc5)nc4)cn3)CC2)cc1.O=S=O. The second-order valence-corrected chi connectivity index (χ2v) is 13.1. The van der Waals surface area contributed by atoms with Crippen molar-refractivity contribution >= 4 is 33.5 Å². The standard InChI is InChI=1S/C31H28F5N3O4S.O2S/c1-21-2-6-24(7-3-21)42-26-14-16-39(17-15-26)31(41)28-12-5-23(20-37-28)29(40)18-22-4-13-30(38-19-22)43-25-8-10-27(11-9-25)44(32,33,34,35)36;1-3-2/h2-13,19-20,26H,14-18H2,1H3;. The van der Waals surface area contributed by atoms with E-state index in [1.807, 2.05) is 31.2 Å². The lowest BCUT2D eigenvalue weighted by molar-refractivity contribution is 0.0589. The number of hydrogen-bond donors (Lipinski definition) is 0. The number of Topliss-reactive ketones (excluding diaryl/α,β-unsaturated/α-hetero) is 1. The summed E-state index contributed by atoms with van der Waals surface area (Å²) in [6, 6.07) is 15.9. The zero-order valence-electron chi connectivity index (χ0n) is 24.7. The number of nitrogens with zero attached hydrogens (tertiary/aromatic N) is 3. The summed E-state index contributed by atoms with van der Waals surface area (Å²) in [4.78, 5) is 33.7. The van der Waals surface area contributed by atoms with E-state index >= 15 is 0 Å². The van der Waals surface area contributed by atoms with Gasteiger partial charge in [0.15, 0.2) is 5.78 Å². The van der Waals surface area contributed by atoms with Crippen LogP contribution in [0.5, 0.6) is 17.4 Å². The van der Waals surface area contributed by atoms with E-state index in [1.165, 1.54) is 30.6 Å². The number of piperidine rings is 1. The van der Waals surface area contributed by atoms with Crippen molar-refractivity contribution in [1.82, 2.24) is 14.9 Å². The number of amides is 1. The zero-order valence-corrected chi connectivity index (χ0v) is 26.3. The van der Waals surface area contributed by atoms with Crippen LogP contribution in [0.15, 0.2) is 90.1 Å². The van der Waals surface area contributed by atoms with Gasteiger partial charge in [0.2, 0.25) is 5.88 Å². The molecule has 0 radical (unpaired) electrons. The average molecular weight is 698 g/mol. The van der Waals surface area contributed by atoms with Crippen LogP contribution in [-0.2, 0) is 18.0 Å². The van der Waals surface area contributed by atoms with Crippen LogP contribution < -0.4 is 9.47 Å². The molecule has 1 aliphatic rings. The lowest BCUT2D eigenvalue weighted by Crippen LogP contribution is -2.42. The van der Waals surface area contributed by atoms with Crippen LogP contribution in [0.1, 0.15) is 44.8 Å². The highest BCUT2D eigenvalue weighted by Crippen LogP contribution is 3.02. The quantitative estimate of drug-likeness (QED) is 0.129. The minimum absolute atomic E-state index is 0.00318. The number of pyridine rings is 2. The minimum atomic E-state index is -9.77. The maximum absolute atomic E-state index is 13.0. The molecule has 0 spiro atoms. The third kappa shape index (κ3) is 10.1. The molecule has 0 bridgehead atoms. The molecule has 0 aliphatic carbocycles. The van der Waals surface area contributed by atoms with Gasteiger partial charge in [-0.2, -0.15) is 8.42 Å². The molecular formula is C31H28F5N3O6S2. The smallest absolute Gasteiger partial charge is 0.335 e. The summed E-state index contributed by atoms with van der Waals surface area (Å²) in [5.41, 5.74) is 2.21. The Morgan fingerprint density at radius 3 is 1.98 bits per heavy atom. The van der Waals surface area contributed by atoms with E-state index in [2.05, 4.69) is 9.97 Å². The molecule has 4 aromatic rings. The number of rotatable bonds is 9. The Bertz CT molecular complexity index is 1750. The number of ether oxygens (including phenoxy) is 2. The Labute approximate surface area is 270 Å². The van der Waals surface area contributed by atoms with Crippen LogP contribution in [0.25, 0.3) is 0 Å². The molecule has 0 saturated carbocycles. The van der Waals surface area contributed by atoms with E-state index in [0.29, 0.717) is 37.1 Å². The molecular weight excluding hydrogens is 669 g/mol. The first kappa shape index (κ1) is 35.2. The van der Waals surface area contributed by atoms with Crippen molar-refractivity contribution in [1.29, 1.82) is 0 Å². The average Bonchev–Trinajstić information content (AvgIpc) is 3.03. The fraction of sp³-hybridized carbons (Fsp3) is 0.226. The maximum Gasteiger partial charge on any atom is 0.335 e. The van der Waals surface area contributed by atoms with Gasteiger partial charge < -0.3 is 14.4 Å². The topological polar surface area (TPSA) is 116 Å². The highest BCUT2D eigenvalue weighted by molar-refractivity contribution is 8.45. The van der Waals surface area contributed by atoms with Crippen molar-refractivity contribution < 1.29 is 46.9 Å². The highest BCUT2D eigenvalue weighted by Gasteiger charge is 2.65. The molecule has 0 N–H and O–H groups in total. The van der Waals surface area contributed by atoms with E-state index in [-0.39, 0.29) is 53.7 Å². The molecule has 5 rings (SSSR count). The molecule has 0 atom stereocenters. The highest BCUT2D eigenvalue weighted by atomic mass is 32.5. The number of likely N-dealkylation sites (tertiary alicyclic amines) is 1. The molecule has 16 heteroatoms. The van der Waals surface area contributed by atoms with Gasteiger partial charge in [0.05, 0.1) is 0 Å². The Hall–Kier alpha value is -4.70. The van der Waals surface area contributed by atoms with Crippen molar-refractivity contribution in [2.75, 3.05) is 13.1 Å². The summed E-state index contributed by atoms with van der Waals surface area (Å²) in [7, 11) is -9.77. The lowest BCUT2D eigenvalue weighted by atomic mass is 10.0. The Morgan fingerprint density at radius 2 is 1.45 bits per heavy atom. The van der Waals surface area contributed by atoms with Crippen LogP contribution in [0.2, 0.25) is 0 Å². The summed E-state index contributed by atoms with van der Waals surface area (Å²) in [5, 5.41) is 0. The maximum atomic E-state index is 13.0. The summed E-state index contributed by atoms with van der Waals surface area (Å²) in [5.74, 6) is 0.190. The van der Waals surface area contributed by atoms with Crippen molar-refractivity contribution in [2.45, 2.75) is 37.2 Å². The first-order chi connectivity index (χ1) is 22.0. The number of aromatic nitrogens is 2. The number of halogens is 5. The molecule has 9 nitrogen and oxygen atoms in total. The van der Waals surface area contributed by atoms with Gasteiger partial charge in [0, 0.05) is 56.4 Å². The predicted molar refractivity (Wildman–Crippen MR) is 164 cm³/mol. The Kier molecular flexibility index (Phi) is 10.2. The van der Waals surface area contributed by atoms with E-state index in [4.69, 9.17) is 17.9 Å². The van der Waals surface area contributed by atoms with Crippen molar-refractivity contribution in [3.05, 3.63) is 108 Å². The number of carbonyl (C=O) groups is 2. The first-order valence-electron chi connectivity index (χ1n) is 14.0. The monoisotopic (exact) mass is 697 g/mol. The minimum Gasteiger partial charge on any atom is -0.490 e. The normalized spacial score (nSPS) is 14.9. The zero-order chi connectivity index (χ0) is 34.3. The van der Waals surface area contributed by atoms with E-state index in [0.717, 1.165) is 23.4 Å². The fourth-order valence-corrected chi connectivity index (χ4v) is 5.23. The summed E-state index contributed by atoms with van der Waals surface area (Å²) >= 11 is -0.750. The van der Waals surface area contributed by atoms with Gasteiger partial charge in [0.1, 0.15) is 28.2 Å². The molecule has 47 heavy (non-hydrogen) atoms. The van der Waals surface area contributed by atoms with E-state index in [1.54, 1.807) is 11.0 Å². The second kappa shape index (κ2) is 13.6. The van der Waals surface area contributed by atoms with Gasteiger partial charge in [-0.05, 0) is 61.0 Å². The van der Waals surface area contributed by atoms with Crippen molar-refractivity contribution in [3.63, 3.8) is 0 Å². The molecule has 0 unspecified atom stereocenters. The fourth-order valence-electron chi connectivity index (χ4n) is 4.58. The third-order valence-electron chi connectivity index (χ3n) is 7.01. The molecule has 2 aromatic carbocycles. The van der Waals surface area contributed by atoms with Gasteiger partial charge >= 0.3 is 21.8 Å². The first-order valence-corrected chi connectivity index (χ1v) is 16.6. The summed E-state index contributed by atoms with van der Waals surface area (Å²) < 4.78 is 92.4.